The van der Waals surface area contributed by atoms with E-state index in [2.05, 4.69) is 6.58 Å². The molecule has 1 atom stereocenters. The Labute approximate surface area is 108 Å². The molecule has 0 heterocycles. The third-order valence-corrected chi connectivity index (χ3v) is 2.33. The van der Waals surface area contributed by atoms with Gasteiger partial charge in [-0.1, -0.05) is 6.08 Å². The zero-order valence-corrected chi connectivity index (χ0v) is 11.0. The monoisotopic (exact) mass is 259 g/mol. The van der Waals surface area contributed by atoms with Gasteiger partial charge in [0, 0.05) is 6.04 Å². The lowest BCUT2D eigenvalue weighted by atomic mass is 10.1. The van der Waals surface area contributed by atoms with Gasteiger partial charge < -0.3 is 19.9 Å². The maximum Gasteiger partial charge on any atom is 0.203 e. The normalized spacial score (nSPS) is 11.1. The largest absolute Gasteiger partial charge is 0.493 e. The molecule has 17 heavy (non-hydrogen) atoms. The van der Waals surface area contributed by atoms with Crippen LogP contribution in [0.1, 0.15) is 11.6 Å². The maximum absolute atomic E-state index is 5.86. The van der Waals surface area contributed by atoms with E-state index in [0.717, 1.165) is 5.56 Å². The highest BCUT2D eigenvalue weighted by molar-refractivity contribution is 5.85. The van der Waals surface area contributed by atoms with E-state index in [4.69, 9.17) is 19.9 Å². The summed E-state index contributed by atoms with van der Waals surface area (Å²) in [5, 5.41) is 0. The molecule has 1 aromatic carbocycles. The van der Waals surface area contributed by atoms with Crippen LogP contribution in [0, 0.1) is 0 Å². The molecule has 1 aromatic rings. The molecule has 2 N–H and O–H groups in total. The van der Waals surface area contributed by atoms with Crippen LogP contribution in [0.15, 0.2) is 24.8 Å². The van der Waals surface area contributed by atoms with Crippen molar-refractivity contribution in [2.24, 2.45) is 5.73 Å². The van der Waals surface area contributed by atoms with Crippen molar-refractivity contribution in [3.8, 4) is 17.2 Å². The van der Waals surface area contributed by atoms with Crippen LogP contribution < -0.4 is 19.9 Å². The van der Waals surface area contributed by atoms with E-state index in [-0.39, 0.29) is 18.4 Å². The molecule has 0 saturated heterocycles. The van der Waals surface area contributed by atoms with Crippen molar-refractivity contribution in [2.75, 3.05) is 21.3 Å². The highest BCUT2D eigenvalue weighted by atomic mass is 35.5. The molecule has 1 rings (SSSR count). The molecule has 0 bridgehead atoms. The van der Waals surface area contributed by atoms with Crippen molar-refractivity contribution >= 4 is 12.4 Å². The molecule has 0 fully saturated rings. The molecule has 0 aliphatic rings. The van der Waals surface area contributed by atoms with Gasteiger partial charge >= 0.3 is 0 Å². The van der Waals surface area contributed by atoms with Crippen LogP contribution in [-0.4, -0.2) is 21.3 Å². The average molecular weight is 260 g/mol. The third-order valence-electron chi connectivity index (χ3n) is 2.33. The van der Waals surface area contributed by atoms with Crippen molar-refractivity contribution in [3.05, 3.63) is 30.4 Å². The molecule has 0 aliphatic heterocycles. The van der Waals surface area contributed by atoms with Gasteiger partial charge in [-0.25, -0.2) is 0 Å². The average Bonchev–Trinajstić information content (AvgIpc) is 2.35. The van der Waals surface area contributed by atoms with Crippen LogP contribution in [0.3, 0.4) is 0 Å². The van der Waals surface area contributed by atoms with E-state index in [1.807, 2.05) is 12.1 Å². The van der Waals surface area contributed by atoms with Crippen LogP contribution in [0.4, 0.5) is 0 Å². The summed E-state index contributed by atoms with van der Waals surface area (Å²) < 4.78 is 15.6. The van der Waals surface area contributed by atoms with Crippen LogP contribution in [0.5, 0.6) is 17.2 Å². The zero-order valence-electron chi connectivity index (χ0n) is 10.2. The first-order valence-electron chi connectivity index (χ1n) is 4.86. The number of methoxy groups -OCH3 is 3. The fourth-order valence-electron chi connectivity index (χ4n) is 1.43. The number of ether oxygens (including phenoxy) is 3. The second-order valence-corrected chi connectivity index (χ2v) is 3.22. The smallest absolute Gasteiger partial charge is 0.203 e. The van der Waals surface area contributed by atoms with Crippen LogP contribution in [0.25, 0.3) is 0 Å². The standard InChI is InChI=1S/C12H17NO3.ClH/c1-5-9(13)8-6-10(14-2)12(16-4)11(7-8)15-3;/h5-7,9H,1,13H2,2-4H3;1H/t9-;/m0./s1. The third kappa shape index (κ3) is 3.28. The first kappa shape index (κ1) is 15.6. The molecular weight excluding hydrogens is 242 g/mol. The second-order valence-electron chi connectivity index (χ2n) is 3.22. The number of nitrogens with two attached hydrogens (primary N) is 1. The molecule has 0 saturated carbocycles. The lowest BCUT2D eigenvalue weighted by molar-refractivity contribution is 0.323. The Balaban J connectivity index is 0.00000256. The fourth-order valence-corrected chi connectivity index (χ4v) is 1.43. The summed E-state index contributed by atoms with van der Waals surface area (Å²) in [7, 11) is 4.70. The van der Waals surface area contributed by atoms with Crippen molar-refractivity contribution < 1.29 is 14.2 Å². The molecule has 0 aromatic heterocycles. The van der Waals surface area contributed by atoms with E-state index in [1.165, 1.54) is 0 Å². The number of halogens is 1. The molecular formula is C12H18ClNO3. The summed E-state index contributed by atoms with van der Waals surface area (Å²) in [5.74, 6) is 1.74. The van der Waals surface area contributed by atoms with Gasteiger partial charge in [0.05, 0.1) is 21.3 Å². The Morgan fingerprint density at radius 1 is 1.12 bits per heavy atom. The summed E-state index contributed by atoms with van der Waals surface area (Å²) in [6.07, 6.45) is 1.65. The predicted octanol–water partition coefficient (Wildman–Crippen LogP) is 2.32. The second kappa shape index (κ2) is 7.04. The Morgan fingerprint density at radius 3 is 1.88 bits per heavy atom. The van der Waals surface area contributed by atoms with E-state index in [9.17, 15) is 0 Å². The number of hydrogen-bond acceptors (Lipinski definition) is 4. The van der Waals surface area contributed by atoms with Gasteiger partial charge in [-0.2, -0.15) is 0 Å². The molecule has 0 spiro atoms. The Hall–Kier alpha value is -1.39. The number of hydrogen-bond donors (Lipinski definition) is 1. The molecule has 0 unspecified atom stereocenters. The Bertz CT molecular complexity index is 357. The van der Waals surface area contributed by atoms with E-state index >= 15 is 0 Å². The SMILES string of the molecule is C=C[C@H](N)c1cc(OC)c(OC)c(OC)c1.Cl. The molecule has 4 nitrogen and oxygen atoms in total. The minimum absolute atomic E-state index is 0. The molecule has 0 amide bonds. The molecule has 0 aliphatic carbocycles. The highest BCUT2D eigenvalue weighted by Crippen LogP contribution is 2.39. The molecule has 96 valence electrons. The first-order valence-corrected chi connectivity index (χ1v) is 4.86. The Morgan fingerprint density at radius 2 is 1.59 bits per heavy atom. The van der Waals surface area contributed by atoms with E-state index in [1.54, 1.807) is 27.4 Å². The van der Waals surface area contributed by atoms with Gasteiger partial charge in [0.15, 0.2) is 11.5 Å². The summed E-state index contributed by atoms with van der Waals surface area (Å²) in [6, 6.07) is 3.37. The van der Waals surface area contributed by atoms with Crippen molar-refractivity contribution in [1.29, 1.82) is 0 Å². The van der Waals surface area contributed by atoms with Gasteiger partial charge in [0.1, 0.15) is 0 Å². The topological polar surface area (TPSA) is 53.7 Å². The number of benzene rings is 1. The lowest BCUT2D eigenvalue weighted by Gasteiger charge is -2.15. The van der Waals surface area contributed by atoms with Crippen LogP contribution in [0.2, 0.25) is 0 Å². The van der Waals surface area contributed by atoms with Gasteiger partial charge in [-0.15, -0.1) is 19.0 Å². The quantitative estimate of drug-likeness (QED) is 0.825. The minimum atomic E-state index is -0.256. The zero-order chi connectivity index (χ0) is 12.1. The molecule has 0 radical (unpaired) electrons. The molecule has 5 heteroatoms. The minimum Gasteiger partial charge on any atom is -0.493 e. The van der Waals surface area contributed by atoms with Crippen LogP contribution in [-0.2, 0) is 0 Å². The van der Waals surface area contributed by atoms with Crippen LogP contribution >= 0.6 is 12.4 Å². The van der Waals surface area contributed by atoms with Gasteiger partial charge in [0.25, 0.3) is 0 Å². The maximum atomic E-state index is 5.86. The fraction of sp³-hybridized carbons (Fsp3) is 0.333. The summed E-state index contributed by atoms with van der Waals surface area (Å²) in [6.45, 7) is 3.65. The van der Waals surface area contributed by atoms with Crippen molar-refractivity contribution in [3.63, 3.8) is 0 Å². The Kier molecular flexibility index (Phi) is 6.46. The summed E-state index contributed by atoms with van der Waals surface area (Å²) in [5.41, 5.74) is 6.73. The van der Waals surface area contributed by atoms with Crippen molar-refractivity contribution in [1.82, 2.24) is 0 Å². The first-order chi connectivity index (χ1) is 7.67. The van der Waals surface area contributed by atoms with Crippen molar-refractivity contribution in [2.45, 2.75) is 6.04 Å². The lowest BCUT2D eigenvalue weighted by Crippen LogP contribution is -2.07. The number of rotatable bonds is 5. The van der Waals surface area contributed by atoms with E-state index in [0.29, 0.717) is 17.2 Å². The van der Waals surface area contributed by atoms with Gasteiger partial charge in [-0.05, 0) is 17.7 Å². The highest BCUT2D eigenvalue weighted by Gasteiger charge is 2.14. The van der Waals surface area contributed by atoms with E-state index < -0.39 is 0 Å². The van der Waals surface area contributed by atoms with Gasteiger partial charge in [0.2, 0.25) is 5.75 Å². The summed E-state index contributed by atoms with van der Waals surface area (Å²) in [4.78, 5) is 0. The van der Waals surface area contributed by atoms with Gasteiger partial charge in [-0.3, -0.25) is 0 Å². The predicted molar refractivity (Wildman–Crippen MR) is 70.5 cm³/mol. The summed E-state index contributed by atoms with van der Waals surface area (Å²) >= 11 is 0.